The first kappa shape index (κ1) is 17.1. The fourth-order valence-electron chi connectivity index (χ4n) is 2.83. The molecule has 0 aliphatic heterocycles. The molecule has 25 heavy (non-hydrogen) atoms. The van der Waals surface area contributed by atoms with Gasteiger partial charge in [-0.25, -0.2) is 4.98 Å². The van der Waals surface area contributed by atoms with Gasteiger partial charge in [0, 0.05) is 29.9 Å². The zero-order chi connectivity index (χ0) is 17.8. The van der Waals surface area contributed by atoms with Crippen LogP contribution >= 0.6 is 0 Å². The molecule has 0 saturated heterocycles. The maximum absolute atomic E-state index is 5.51. The molecule has 0 fully saturated rings. The van der Waals surface area contributed by atoms with Gasteiger partial charge < -0.3 is 9.42 Å². The Morgan fingerprint density at radius 2 is 1.64 bits per heavy atom. The number of aromatic nitrogens is 3. The van der Waals surface area contributed by atoms with E-state index in [1.165, 1.54) is 5.56 Å². The molecular weight excluding hydrogens is 312 g/mol. The molecule has 1 aromatic carbocycles. The molecule has 2 aromatic heterocycles. The lowest BCUT2D eigenvalue weighted by Gasteiger charge is -2.20. The molecule has 5 nitrogen and oxygen atoms in total. The van der Waals surface area contributed by atoms with Crippen molar-refractivity contribution in [3.8, 4) is 22.8 Å². The van der Waals surface area contributed by atoms with E-state index in [0.717, 1.165) is 42.1 Å². The lowest BCUT2D eigenvalue weighted by molar-refractivity contribution is 0.432. The third-order valence-electron chi connectivity index (χ3n) is 4.32. The molecule has 0 atom stereocenters. The van der Waals surface area contributed by atoms with Crippen LogP contribution in [0, 0.1) is 6.92 Å². The van der Waals surface area contributed by atoms with Crippen molar-refractivity contribution in [3.63, 3.8) is 0 Å². The van der Waals surface area contributed by atoms with E-state index in [2.05, 4.69) is 52.9 Å². The number of benzene rings is 1. The minimum Gasteiger partial charge on any atom is -0.357 e. The highest BCUT2D eigenvalue weighted by Crippen LogP contribution is 2.26. The Hall–Kier alpha value is -2.69. The van der Waals surface area contributed by atoms with Crippen LogP contribution in [-0.4, -0.2) is 28.2 Å². The van der Waals surface area contributed by atoms with Crippen molar-refractivity contribution in [2.75, 3.05) is 18.0 Å². The minimum atomic E-state index is 0.522. The molecule has 3 aromatic rings. The van der Waals surface area contributed by atoms with E-state index in [1.807, 2.05) is 31.2 Å². The van der Waals surface area contributed by atoms with Gasteiger partial charge in [-0.3, -0.25) is 0 Å². The van der Waals surface area contributed by atoms with E-state index in [9.17, 15) is 0 Å². The first-order valence-electron chi connectivity index (χ1n) is 8.81. The van der Waals surface area contributed by atoms with E-state index >= 15 is 0 Å². The number of pyridine rings is 1. The molecule has 130 valence electrons. The lowest BCUT2D eigenvalue weighted by Crippen LogP contribution is -2.23. The number of hydrogen-bond acceptors (Lipinski definition) is 5. The molecule has 5 heteroatoms. The van der Waals surface area contributed by atoms with Crippen LogP contribution in [0.1, 0.15) is 32.0 Å². The highest BCUT2D eigenvalue weighted by molar-refractivity contribution is 5.63. The van der Waals surface area contributed by atoms with Crippen LogP contribution in [0.2, 0.25) is 0 Å². The van der Waals surface area contributed by atoms with Crippen LogP contribution in [0.5, 0.6) is 0 Å². The maximum atomic E-state index is 5.51. The van der Waals surface area contributed by atoms with Crippen LogP contribution in [0.4, 0.5) is 5.82 Å². The summed E-state index contributed by atoms with van der Waals surface area (Å²) in [6.07, 6.45) is 1.02. The van der Waals surface area contributed by atoms with Gasteiger partial charge in [-0.05, 0) is 44.9 Å². The SMILES string of the molecule is CCc1ccc(-c2noc(-c3cc(C)nc(N(CC)CC)c3)n2)cc1. The summed E-state index contributed by atoms with van der Waals surface area (Å²) in [6.45, 7) is 10.2. The summed E-state index contributed by atoms with van der Waals surface area (Å²) in [4.78, 5) is 11.4. The van der Waals surface area contributed by atoms with E-state index in [1.54, 1.807) is 0 Å². The predicted molar refractivity (Wildman–Crippen MR) is 101 cm³/mol. The normalized spacial score (nSPS) is 10.9. The van der Waals surface area contributed by atoms with Gasteiger partial charge in [0.15, 0.2) is 0 Å². The van der Waals surface area contributed by atoms with Gasteiger partial charge in [0.1, 0.15) is 5.82 Å². The van der Waals surface area contributed by atoms with E-state index in [0.29, 0.717) is 11.7 Å². The lowest BCUT2D eigenvalue weighted by atomic mass is 10.1. The standard InChI is InChI=1S/C20H24N4O/c1-5-15-8-10-16(11-9-15)19-22-20(25-23-19)17-12-14(4)21-18(13-17)24(6-2)7-3/h8-13H,5-7H2,1-4H3. The zero-order valence-corrected chi connectivity index (χ0v) is 15.3. The van der Waals surface area contributed by atoms with Crippen LogP contribution in [0.3, 0.4) is 0 Å². The molecule has 3 rings (SSSR count). The number of hydrogen-bond donors (Lipinski definition) is 0. The van der Waals surface area contributed by atoms with Crippen LogP contribution < -0.4 is 4.90 Å². The maximum Gasteiger partial charge on any atom is 0.258 e. The molecule has 0 radical (unpaired) electrons. The largest absolute Gasteiger partial charge is 0.357 e. The molecule has 0 unspecified atom stereocenters. The summed E-state index contributed by atoms with van der Waals surface area (Å²) in [5.74, 6) is 2.07. The molecule has 0 aliphatic carbocycles. The average molecular weight is 336 g/mol. The summed E-state index contributed by atoms with van der Waals surface area (Å²) in [6, 6.07) is 12.3. The quantitative estimate of drug-likeness (QED) is 0.662. The second-order valence-corrected chi connectivity index (χ2v) is 6.00. The molecule has 0 spiro atoms. The van der Waals surface area contributed by atoms with Crippen molar-refractivity contribution < 1.29 is 4.52 Å². The molecule has 0 aliphatic rings. The molecule has 0 amide bonds. The van der Waals surface area contributed by atoms with Gasteiger partial charge in [-0.15, -0.1) is 0 Å². The molecule has 0 saturated carbocycles. The van der Waals surface area contributed by atoms with Crippen molar-refractivity contribution in [2.45, 2.75) is 34.1 Å². The zero-order valence-electron chi connectivity index (χ0n) is 15.3. The number of rotatable bonds is 6. The van der Waals surface area contributed by atoms with Gasteiger partial charge in [0.05, 0.1) is 0 Å². The topological polar surface area (TPSA) is 55.1 Å². The third kappa shape index (κ3) is 3.71. The fraction of sp³-hybridized carbons (Fsp3) is 0.350. The van der Waals surface area contributed by atoms with Gasteiger partial charge in [0.25, 0.3) is 5.89 Å². The minimum absolute atomic E-state index is 0.522. The smallest absolute Gasteiger partial charge is 0.258 e. The van der Waals surface area contributed by atoms with Crippen molar-refractivity contribution in [3.05, 3.63) is 47.7 Å². The van der Waals surface area contributed by atoms with Crippen molar-refractivity contribution in [1.82, 2.24) is 15.1 Å². The monoisotopic (exact) mass is 336 g/mol. The Kier molecular flexibility index (Phi) is 5.12. The average Bonchev–Trinajstić information content (AvgIpc) is 3.12. The van der Waals surface area contributed by atoms with E-state index < -0.39 is 0 Å². The number of nitrogens with zero attached hydrogens (tertiary/aromatic N) is 4. The Bertz CT molecular complexity index is 835. The first-order chi connectivity index (χ1) is 12.1. The first-order valence-corrected chi connectivity index (χ1v) is 8.81. The summed E-state index contributed by atoms with van der Waals surface area (Å²) >= 11 is 0. The Labute approximate surface area is 148 Å². The van der Waals surface area contributed by atoms with Gasteiger partial charge >= 0.3 is 0 Å². The molecule has 0 N–H and O–H groups in total. The molecule has 2 heterocycles. The second kappa shape index (κ2) is 7.47. The Morgan fingerprint density at radius 1 is 0.920 bits per heavy atom. The van der Waals surface area contributed by atoms with E-state index in [4.69, 9.17) is 4.52 Å². The van der Waals surface area contributed by atoms with Crippen molar-refractivity contribution in [1.29, 1.82) is 0 Å². The summed E-state index contributed by atoms with van der Waals surface area (Å²) < 4.78 is 5.51. The van der Waals surface area contributed by atoms with Crippen molar-refractivity contribution >= 4 is 5.82 Å². The van der Waals surface area contributed by atoms with Crippen LogP contribution in [0.15, 0.2) is 40.9 Å². The predicted octanol–water partition coefficient (Wildman–Crippen LogP) is 4.52. The summed E-state index contributed by atoms with van der Waals surface area (Å²) in [5.41, 5.74) is 4.09. The highest BCUT2D eigenvalue weighted by atomic mass is 16.5. The Balaban J connectivity index is 1.93. The number of aryl methyl sites for hydroxylation is 2. The van der Waals surface area contributed by atoms with E-state index in [-0.39, 0.29) is 0 Å². The van der Waals surface area contributed by atoms with Gasteiger partial charge in [-0.1, -0.05) is 36.3 Å². The third-order valence-corrected chi connectivity index (χ3v) is 4.32. The van der Waals surface area contributed by atoms with Crippen LogP contribution in [0.25, 0.3) is 22.8 Å². The van der Waals surface area contributed by atoms with Gasteiger partial charge in [0.2, 0.25) is 5.82 Å². The highest BCUT2D eigenvalue weighted by Gasteiger charge is 2.14. The fourth-order valence-corrected chi connectivity index (χ4v) is 2.83. The molecular formula is C20H24N4O. The second-order valence-electron chi connectivity index (χ2n) is 6.00. The summed E-state index contributed by atoms with van der Waals surface area (Å²) in [5, 5.41) is 4.14. The molecule has 0 bridgehead atoms. The van der Waals surface area contributed by atoms with Crippen LogP contribution in [-0.2, 0) is 6.42 Å². The number of anilines is 1. The van der Waals surface area contributed by atoms with Crippen molar-refractivity contribution in [2.24, 2.45) is 0 Å². The Morgan fingerprint density at radius 3 is 2.28 bits per heavy atom. The van der Waals surface area contributed by atoms with Gasteiger partial charge in [-0.2, -0.15) is 4.98 Å². The summed E-state index contributed by atoms with van der Waals surface area (Å²) in [7, 11) is 0.